The molecule has 2 atom stereocenters. The van der Waals surface area contributed by atoms with Crippen LogP contribution in [0, 0.1) is 6.92 Å². The molecule has 1 aliphatic heterocycles. The van der Waals surface area contributed by atoms with Gasteiger partial charge in [0.1, 0.15) is 11.7 Å². The zero-order valence-electron chi connectivity index (χ0n) is 20.2. The van der Waals surface area contributed by atoms with Gasteiger partial charge < -0.3 is 10.8 Å². The molecule has 1 fully saturated rings. The van der Waals surface area contributed by atoms with Gasteiger partial charge in [0.2, 0.25) is 5.95 Å². The number of pyridine rings is 1. The van der Waals surface area contributed by atoms with E-state index in [0.29, 0.717) is 24.4 Å². The molecular weight excluding hydrogens is 456 g/mol. The van der Waals surface area contributed by atoms with E-state index in [9.17, 15) is 9.90 Å². The highest BCUT2D eigenvalue weighted by molar-refractivity contribution is 5.74. The number of nitrogen functional groups attached to an aromatic ring is 1. The van der Waals surface area contributed by atoms with E-state index >= 15 is 0 Å². The molecule has 10 nitrogen and oxygen atoms in total. The summed E-state index contributed by atoms with van der Waals surface area (Å²) in [5.74, 6) is -0.606. The molecule has 4 aromatic rings. The molecule has 184 valence electrons. The molecule has 0 spiro atoms. The Hall–Kier alpha value is -4.18. The predicted molar refractivity (Wildman–Crippen MR) is 135 cm³/mol. The second-order valence-electron chi connectivity index (χ2n) is 9.13. The van der Waals surface area contributed by atoms with Crippen molar-refractivity contribution in [3.63, 3.8) is 0 Å². The van der Waals surface area contributed by atoms with E-state index in [4.69, 9.17) is 10.7 Å². The van der Waals surface area contributed by atoms with E-state index in [1.807, 2.05) is 67.3 Å². The summed E-state index contributed by atoms with van der Waals surface area (Å²) in [6.07, 6.45) is 3.35. The van der Waals surface area contributed by atoms with E-state index in [0.717, 1.165) is 41.2 Å². The number of anilines is 1. The minimum absolute atomic E-state index is 0.0936. The average Bonchev–Trinajstić information content (AvgIpc) is 3.54. The van der Waals surface area contributed by atoms with Crippen LogP contribution in [-0.4, -0.2) is 58.5 Å². The number of rotatable bonds is 7. The van der Waals surface area contributed by atoms with Gasteiger partial charge in [-0.1, -0.05) is 35.0 Å². The molecule has 0 radical (unpaired) electrons. The monoisotopic (exact) mass is 484 g/mol. The molecule has 3 N–H and O–H groups in total. The molecule has 0 saturated carbocycles. The van der Waals surface area contributed by atoms with Crippen LogP contribution in [0.15, 0.2) is 54.7 Å². The first-order valence-corrected chi connectivity index (χ1v) is 11.9. The number of benzene rings is 1. The molecule has 0 bridgehead atoms. The smallest absolute Gasteiger partial charge is 0.320 e. The van der Waals surface area contributed by atoms with Gasteiger partial charge in [-0.15, -0.1) is 5.10 Å². The highest BCUT2D eigenvalue weighted by atomic mass is 16.4. The summed E-state index contributed by atoms with van der Waals surface area (Å²) >= 11 is 0. The fraction of sp³-hybridized carbons (Fsp3) is 0.308. The van der Waals surface area contributed by atoms with Crippen molar-refractivity contribution < 1.29 is 9.90 Å². The van der Waals surface area contributed by atoms with Crippen LogP contribution >= 0.6 is 0 Å². The molecule has 0 aliphatic carbocycles. The highest BCUT2D eigenvalue weighted by Gasteiger charge is 2.34. The maximum absolute atomic E-state index is 11.6. The summed E-state index contributed by atoms with van der Waals surface area (Å²) in [6, 6.07) is 15.1. The van der Waals surface area contributed by atoms with Gasteiger partial charge >= 0.3 is 5.97 Å². The molecule has 4 heterocycles. The molecule has 0 unspecified atom stereocenters. The lowest BCUT2D eigenvalue weighted by atomic mass is 10.1. The summed E-state index contributed by atoms with van der Waals surface area (Å²) < 4.78 is 1.70. The van der Waals surface area contributed by atoms with Gasteiger partial charge in [-0.3, -0.25) is 14.7 Å². The standard InChI is InChI=1S/C26H28N8O2/c1-16-6-3-7-18(12-16)21-13-22(30-26(27)29-21)23-15-33(32-31-23)14-19-8-4-9-20(28-19)17(2)34-11-5-10-24(34)25(35)36/h3-4,6-9,12-13,15,17,24H,5,10-11,14H2,1-2H3,(H,35,36)(H2,27,29,30)/t17-,24+/m1/s1. The van der Waals surface area contributed by atoms with Gasteiger partial charge in [0.25, 0.3) is 0 Å². The first-order valence-electron chi connectivity index (χ1n) is 11.9. The number of carboxylic acids is 1. The van der Waals surface area contributed by atoms with Gasteiger partial charge in [0.05, 0.1) is 41.6 Å². The normalized spacial score (nSPS) is 16.8. The number of hydrogen-bond acceptors (Lipinski definition) is 8. The van der Waals surface area contributed by atoms with Gasteiger partial charge in [-0.05, 0) is 57.5 Å². The Kier molecular flexibility index (Phi) is 6.43. The van der Waals surface area contributed by atoms with Crippen LogP contribution in [0.4, 0.5) is 5.95 Å². The van der Waals surface area contributed by atoms with E-state index in [1.165, 1.54) is 0 Å². The third kappa shape index (κ3) is 4.94. The van der Waals surface area contributed by atoms with Gasteiger partial charge in [-0.2, -0.15) is 0 Å². The third-order valence-electron chi connectivity index (χ3n) is 6.52. The van der Waals surface area contributed by atoms with E-state index in [1.54, 1.807) is 10.9 Å². The Morgan fingerprint density at radius 1 is 1.11 bits per heavy atom. The number of carbonyl (C=O) groups is 1. The fourth-order valence-corrected chi connectivity index (χ4v) is 4.71. The molecule has 5 rings (SSSR count). The van der Waals surface area contributed by atoms with Crippen LogP contribution in [0.1, 0.15) is 42.8 Å². The summed E-state index contributed by atoms with van der Waals surface area (Å²) in [5, 5.41) is 18.1. The Labute approximate surface area is 208 Å². The number of aliphatic carboxylic acids is 1. The Balaban J connectivity index is 1.35. The second-order valence-corrected chi connectivity index (χ2v) is 9.13. The fourth-order valence-electron chi connectivity index (χ4n) is 4.71. The van der Waals surface area contributed by atoms with Crippen LogP contribution in [0.25, 0.3) is 22.6 Å². The van der Waals surface area contributed by atoms with Crippen molar-refractivity contribution in [2.24, 2.45) is 0 Å². The zero-order chi connectivity index (χ0) is 25.2. The van der Waals surface area contributed by atoms with Crippen LogP contribution in [0.3, 0.4) is 0 Å². The highest BCUT2D eigenvalue weighted by Crippen LogP contribution is 2.29. The van der Waals surface area contributed by atoms with Gasteiger partial charge in [0, 0.05) is 5.56 Å². The van der Waals surface area contributed by atoms with E-state index in [2.05, 4.69) is 20.3 Å². The lowest BCUT2D eigenvalue weighted by Gasteiger charge is -2.28. The van der Waals surface area contributed by atoms with Crippen molar-refractivity contribution >= 4 is 11.9 Å². The molecule has 1 saturated heterocycles. The minimum atomic E-state index is -0.776. The van der Waals surface area contributed by atoms with Gasteiger partial charge in [-0.25, -0.2) is 14.6 Å². The van der Waals surface area contributed by atoms with Crippen molar-refractivity contribution in [1.29, 1.82) is 0 Å². The second kappa shape index (κ2) is 9.82. The Morgan fingerprint density at radius 3 is 2.72 bits per heavy atom. The predicted octanol–water partition coefficient (Wildman–Crippen LogP) is 3.35. The molecular formula is C26H28N8O2. The number of nitrogens with two attached hydrogens (primary N) is 1. The first-order chi connectivity index (χ1) is 17.4. The van der Waals surface area contributed by atoms with Crippen LogP contribution in [-0.2, 0) is 11.3 Å². The topological polar surface area (TPSA) is 136 Å². The Morgan fingerprint density at radius 2 is 1.92 bits per heavy atom. The number of carboxylic acid groups (broad SMARTS) is 1. The average molecular weight is 485 g/mol. The number of hydrogen-bond donors (Lipinski definition) is 2. The lowest BCUT2D eigenvalue weighted by Crippen LogP contribution is -2.38. The molecule has 0 amide bonds. The quantitative estimate of drug-likeness (QED) is 0.405. The zero-order valence-corrected chi connectivity index (χ0v) is 20.2. The van der Waals surface area contributed by atoms with E-state index < -0.39 is 12.0 Å². The third-order valence-corrected chi connectivity index (χ3v) is 6.52. The summed E-state index contributed by atoms with van der Waals surface area (Å²) in [5.41, 5.74) is 11.6. The molecule has 1 aliphatic rings. The first kappa shape index (κ1) is 23.6. The number of aryl methyl sites for hydroxylation is 1. The van der Waals surface area contributed by atoms with Crippen LogP contribution in [0.2, 0.25) is 0 Å². The summed E-state index contributed by atoms with van der Waals surface area (Å²) in [4.78, 5) is 27.2. The Bertz CT molecular complexity index is 1400. The molecule has 10 heteroatoms. The maximum atomic E-state index is 11.6. The SMILES string of the molecule is Cc1cccc(-c2cc(-c3cn(Cc4cccc([C@@H](C)N5CCC[C@H]5C(=O)O)n4)nn3)nc(N)n2)c1. The van der Waals surface area contributed by atoms with E-state index in [-0.39, 0.29) is 12.0 Å². The summed E-state index contributed by atoms with van der Waals surface area (Å²) in [7, 11) is 0. The largest absolute Gasteiger partial charge is 0.480 e. The van der Waals surface area contributed by atoms with Crippen LogP contribution in [0.5, 0.6) is 0 Å². The number of likely N-dealkylation sites (tertiary alicyclic amines) is 1. The van der Waals surface area contributed by atoms with Crippen molar-refractivity contribution in [2.45, 2.75) is 45.3 Å². The van der Waals surface area contributed by atoms with Crippen molar-refractivity contribution in [2.75, 3.05) is 12.3 Å². The van der Waals surface area contributed by atoms with Gasteiger partial charge in [0.15, 0.2) is 0 Å². The minimum Gasteiger partial charge on any atom is -0.480 e. The number of aromatic nitrogens is 6. The lowest BCUT2D eigenvalue weighted by molar-refractivity contribution is -0.142. The molecule has 1 aromatic carbocycles. The molecule has 36 heavy (non-hydrogen) atoms. The van der Waals surface area contributed by atoms with Crippen molar-refractivity contribution in [3.05, 3.63) is 71.7 Å². The maximum Gasteiger partial charge on any atom is 0.320 e. The van der Waals surface area contributed by atoms with Crippen molar-refractivity contribution in [1.82, 2.24) is 34.8 Å². The van der Waals surface area contributed by atoms with Crippen LogP contribution < -0.4 is 5.73 Å². The summed E-state index contributed by atoms with van der Waals surface area (Å²) in [6.45, 7) is 5.20. The number of nitrogens with zero attached hydrogens (tertiary/aromatic N) is 7. The van der Waals surface area contributed by atoms with Crippen molar-refractivity contribution in [3.8, 4) is 22.6 Å². The molecule has 3 aromatic heterocycles.